The van der Waals surface area contributed by atoms with E-state index >= 15 is 0 Å². The van der Waals surface area contributed by atoms with Crippen LogP contribution in [0.1, 0.15) is 19.5 Å². The first-order chi connectivity index (χ1) is 9.00. The van der Waals surface area contributed by atoms with Crippen LogP contribution in [0.25, 0.3) is 0 Å². The lowest BCUT2D eigenvalue weighted by Crippen LogP contribution is -2.46. The maximum absolute atomic E-state index is 12.6. The average molecular weight is 288 g/mol. The number of nitrogens with zero attached hydrogens (tertiary/aromatic N) is 2. The van der Waals surface area contributed by atoms with Crippen LogP contribution in [0, 0.1) is 0 Å². The van der Waals surface area contributed by atoms with E-state index in [4.69, 9.17) is 4.74 Å². The molecule has 6 nitrogen and oxygen atoms in total. The predicted molar refractivity (Wildman–Crippen MR) is 70.2 cm³/mol. The van der Waals surface area contributed by atoms with Crippen molar-refractivity contribution in [1.82, 2.24) is 8.87 Å². The fourth-order valence-electron chi connectivity index (χ4n) is 2.30. The van der Waals surface area contributed by atoms with Gasteiger partial charge in [-0.1, -0.05) is 0 Å². The molecule has 108 valence electrons. The van der Waals surface area contributed by atoms with Crippen molar-refractivity contribution < 1.29 is 18.3 Å². The number of morpholine rings is 1. The van der Waals surface area contributed by atoms with Crippen LogP contribution in [-0.2, 0) is 27.9 Å². The van der Waals surface area contributed by atoms with Gasteiger partial charge < -0.3 is 14.4 Å². The fourth-order valence-corrected chi connectivity index (χ4v) is 3.96. The molecule has 1 atom stereocenters. The number of rotatable bonds is 4. The van der Waals surface area contributed by atoms with E-state index in [2.05, 4.69) is 0 Å². The summed E-state index contributed by atoms with van der Waals surface area (Å²) in [5.74, 6) is 0. The number of aliphatic hydroxyl groups is 1. The summed E-state index contributed by atoms with van der Waals surface area (Å²) in [6.45, 7) is 5.42. The molecular formula is C12H20N2O4S. The normalized spacial score (nSPS) is 21.7. The minimum atomic E-state index is -3.51. The number of ether oxygens (including phenoxy) is 1. The first-order valence-electron chi connectivity index (χ1n) is 6.40. The predicted octanol–water partition coefficient (Wildman–Crippen LogP) is 0.410. The van der Waals surface area contributed by atoms with Gasteiger partial charge in [-0.3, -0.25) is 0 Å². The van der Waals surface area contributed by atoms with Gasteiger partial charge in [0.2, 0.25) is 10.0 Å². The van der Waals surface area contributed by atoms with Crippen LogP contribution in [-0.4, -0.2) is 48.2 Å². The summed E-state index contributed by atoms with van der Waals surface area (Å²) in [5.41, 5.74) is 0.613. The molecule has 1 aliphatic heterocycles. The van der Waals surface area contributed by atoms with Crippen molar-refractivity contribution in [2.45, 2.75) is 37.9 Å². The van der Waals surface area contributed by atoms with Gasteiger partial charge in [-0.15, -0.1) is 0 Å². The molecule has 0 saturated carbocycles. The van der Waals surface area contributed by atoms with Gasteiger partial charge in [0.25, 0.3) is 0 Å². The second-order valence-corrected chi connectivity index (χ2v) is 6.54. The maximum Gasteiger partial charge on any atom is 0.244 e. The third-order valence-electron chi connectivity index (χ3n) is 3.38. The van der Waals surface area contributed by atoms with Crippen LogP contribution >= 0.6 is 0 Å². The Kier molecular flexibility index (Phi) is 4.29. The average Bonchev–Trinajstić information content (AvgIpc) is 2.83. The third kappa shape index (κ3) is 2.69. The number of aromatic nitrogens is 1. The molecule has 0 bridgehead atoms. The Hall–Kier alpha value is -0.890. The quantitative estimate of drug-likeness (QED) is 0.871. The summed E-state index contributed by atoms with van der Waals surface area (Å²) >= 11 is 0. The Morgan fingerprint density at radius 1 is 1.53 bits per heavy atom. The molecule has 0 amide bonds. The molecule has 0 aromatic carbocycles. The van der Waals surface area contributed by atoms with Crippen LogP contribution in [0.4, 0.5) is 0 Å². The molecule has 1 aromatic heterocycles. The number of sulfonamides is 1. The molecule has 2 heterocycles. The first-order valence-corrected chi connectivity index (χ1v) is 7.84. The summed E-state index contributed by atoms with van der Waals surface area (Å²) in [7, 11) is -3.51. The molecule has 0 radical (unpaired) electrons. The number of hydrogen-bond donors (Lipinski definition) is 1. The summed E-state index contributed by atoms with van der Waals surface area (Å²) in [6, 6.07) is 1.38. The smallest absolute Gasteiger partial charge is 0.244 e. The van der Waals surface area contributed by atoms with Gasteiger partial charge >= 0.3 is 0 Å². The molecular weight excluding hydrogens is 268 g/mol. The monoisotopic (exact) mass is 288 g/mol. The van der Waals surface area contributed by atoms with Gasteiger partial charge in [-0.05, 0) is 19.9 Å². The molecule has 1 aromatic rings. The van der Waals surface area contributed by atoms with Crippen molar-refractivity contribution in [3.8, 4) is 0 Å². The zero-order valence-electron chi connectivity index (χ0n) is 11.2. The van der Waals surface area contributed by atoms with Crippen molar-refractivity contribution >= 4 is 10.0 Å². The molecule has 0 aliphatic carbocycles. The Labute approximate surface area is 113 Å². The van der Waals surface area contributed by atoms with Crippen molar-refractivity contribution in [3.05, 3.63) is 18.0 Å². The van der Waals surface area contributed by atoms with E-state index in [0.29, 0.717) is 32.0 Å². The minimum absolute atomic E-state index is 0.165. The zero-order chi connectivity index (χ0) is 14.0. The van der Waals surface area contributed by atoms with Crippen LogP contribution in [0.5, 0.6) is 0 Å². The van der Waals surface area contributed by atoms with E-state index < -0.39 is 10.0 Å². The highest BCUT2D eigenvalue weighted by molar-refractivity contribution is 7.89. The molecule has 1 unspecified atom stereocenters. The lowest BCUT2D eigenvalue weighted by atomic mass is 10.3. The van der Waals surface area contributed by atoms with E-state index in [0.717, 1.165) is 0 Å². The van der Waals surface area contributed by atoms with Crippen LogP contribution in [0.15, 0.2) is 17.2 Å². The fraction of sp³-hybridized carbons (Fsp3) is 0.667. The largest absolute Gasteiger partial charge is 0.390 e. The lowest BCUT2D eigenvalue weighted by Gasteiger charge is -2.31. The lowest BCUT2D eigenvalue weighted by molar-refractivity contribution is 0.0393. The van der Waals surface area contributed by atoms with E-state index in [9.17, 15) is 13.5 Å². The Morgan fingerprint density at radius 3 is 2.79 bits per heavy atom. The highest BCUT2D eigenvalue weighted by atomic mass is 32.2. The summed E-state index contributed by atoms with van der Waals surface area (Å²) in [4.78, 5) is 0.243. The molecule has 7 heteroatoms. The van der Waals surface area contributed by atoms with Crippen molar-refractivity contribution in [3.63, 3.8) is 0 Å². The van der Waals surface area contributed by atoms with Crippen LogP contribution in [0.3, 0.4) is 0 Å². The first kappa shape index (κ1) is 14.5. The van der Waals surface area contributed by atoms with Gasteiger partial charge in [0.1, 0.15) is 4.90 Å². The van der Waals surface area contributed by atoms with Gasteiger partial charge in [0.05, 0.1) is 19.8 Å². The highest BCUT2D eigenvalue weighted by Crippen LogP contribution is 2.22. The second kappa shape index (κ2) is 5.62. The van der Waals surface area contributed by atoms with Gasteiger partial charge in [0, 0.05) is 31.0 Å². The maximum atomic E-state index is 12.6. The molecule has 1 aliphatic rings. The standard InChI is InChI=1S/C12H20N2O4S/c1-3-13-7-12(6-11(13)8-15)19(16,17)14-4-5-18-9-10(14)2/h6-7,10,15H,3-5,8-9H2,1-2H3. The van der Waals surface area contributed by atoms with E-state index in [-0.39, 0.29) is 17.5 Å². The van der Waals surface area contributed by atoms with E-state index in [1.54, 1.807) is 16.8 Å². The highest BCUT2D eigenvalue weighted by Gasteiger charge is 2.32. The minimum Gasteiger partial charge on any atom is -0.390 e. The Balaban J connectivity index is 2.35. The van der Waals surface area contributed by atoms with Gasteiger partial charge in [-0.2, -0.15) is 4.31 Å². The van der Waals surface area contributed by atoms with Crippen LogP contribution < -0.4 is 0 Å². The number of aryl methyl sites for hydroxylation is 1. The second-order valence-electron chi connectivity index (χ2n) is 4.65. The van der Waals surface area contributed by atoms with Crippen molar-refractivity contribution in [2.24, 2.45) is 0 Å². The molecule has 1 N–H and O–H groups in total. The number of hydrogen-bond acceptors (Lipinski definition) is 4. The molecule has 19 heavy (non-hydrogen) atoms. The van der Waals surface area contributed by atoms with E-state index in [1.165, 1.54) is 4.31 Å². The topological polar surface area (TPSA) is 71.8 Å². The zero-order valence-corrected chi connectivity index (χ0v) is 12.1. The summed E-state index contributed by atoms with van der Waals surface area (Å²) < 4.78 is 33.6. The Morgan fingerprint density at radius 2 is 2.26 bits per heavy atom. The Bertz CT molecular complexity index is 516. The van der Waals surface area contributed by atoms with Crippen LogP contribution in [0.2, 0.25) is 0 Å². The molecule has 1 fully saturated rings. The van der Waals surface area contributed by atoms with E-state index in [1.807, 2.05) is 13.8 Å². The summed E-state index contributed by atoms with van der Waals surface area (Å²) in [6.07, 6.45) is 1.59. The van der Waals surface area contributed by atoms with Gasteiger partial charge in [-0.25, -0.2) is 8.42 Å². The molecule has 1 saturated heterocycles. The number of aliphatic hydroxyl groups excluding tert-OH is 1. The van der Waals surface area contributed by atoms with Gasteiger partial charge in [0.15, 0.2) is 0 Å². The SMILES string of the molecule is CCn1cc(S(=O)(=O)N2CCOCC2C)cc1CO. The summed E-state index contributed by atoms with van der Waals surface area (Å²) in [5, 5.41) is 9.24. The molecule has 2 rings (SSSR count). The van der Waals surface area contributed by atoms with Crippen molar-refractivity contribution in [1.29, 1.82) is 0 Å². The molecule has 0 spiro atoms. The third-order valence-corrected chi connectivity index (χ3v) is 5.36. The van der Waals surface area contributed by atoms with Crippen molar-refractivity contribution in [2.75, 3.05) is 19.8 Å².